The zero-order valence-electron chi connectivity index (χ0n) is 18.0. The number of anilines is 1. The highest BCUT2D eigenvalue weighted by Gasteiger charge is 2.29. The van der Waals surface area contributed by atoms with Crippen molar-refractivity contribution in [2.45, 2.75) is 58.8 Å². The van der Waals surface area contributed by atoms with Crippen LogP contribution in [0.15, 0.2) is 27.2 Å². The topological polar surface area (TPSA) is 95.3 Å². The van der Waals surface area contributed by atoms with E-state index < -0.39 is 0 Å². The number of nitriles is 1. The van der Waals surface area contributed by atoms with Crippen molar-refractivity contribution < 1.29 is 13.6 Å². The standard InChI is InChI=1S/C23H32N4O3/c1-17(2)8-5-3-4-6-12-25-21(28)18-10-13-27(14-11-18)23-19(16-24)26-22(30-23)20-9-7-15-29-20/h7,9,15,17-18H,3-6,8,10-14H2,1-2H3,(H,25,28). The van der Waals surface area contributed by atoms with Gasteiger partial charge >= 0.3 is 0 Å². The minimum atomic E-state index is 0.0141. The Kier molecular flexibility index (Phi) is 7.95. The third-order valence-corrected chi connectivity index (χ3v) is 5.61. The van der Waals surface area contributed by atoms with Crippen LogP contribution in [0.1, 0.15) is 64.5 Å². The van der Waals surface area contributed by atoms with Crippen LogP contribution in [-0.4, -0.2) is 30.5 Å². The highest BCUT2D eigenvalue weighted by molar-refractivity contribution is 5.79. The number of nitrogens with zero attached hydrogens (tertiary/aromatic N) is 3. The number of carbonyl (C=O) groups is 1. The normalized spacial score (nSPS) is 14.8. The van der Waals surface area contributed by atoms with Crippen LogP contribution in [0.25, 0.3) is 11.7 Å². The summed E-state index contributed by atoms with van der Waals surface area (Å²) in [6.07, 6.45) is 9.04. The first-order chi connectivity index (χ1) is 14.6. The molecule has 7 heteroatoms. The van der Waals surface area contributed by atoms with Crippen molar-refractivity contribution in [1.82, 2.24) is 10.3 Å². The number of amides is 1. The van der Waals surface area contributed by atoms with Gasteiger partial charge in [-0.1, -0.05) is 39.5 Å². The van der Waals surface area contributed by atoms with Crippen LogP contribution >= 0.6 is 0 Å². The van der Waals surface area contributed by atoms with Gasteiger partial charge in [-0.05, 0) is 37.3 Å². The summed E-state index contributed by atoms with van der Waals surface area (Å²) in [5.74, 6) is 2.19. The molecular formula is C23H32N4O3. The second kappa shape index (κ2) is 10.9. The Hall–Kier alpha value is -2.75. The molecule has 1 aliphatic rings. The maximum atomic E-state index is 12.5. The van der Waals surface area contributed by atoms with E-state index in [2.05, 4.69) is 30.2 Å². The number of carbonyl (C=O) groups excluding carboxylic acids is 1. The van der Waals surface area contributed by atoms with Crippen molar-refractivity contribution in [3.8, 4) is 17.7 Å². The first-order valence-electron chi connectivity index (χ1n) is 11.1. The molecule has 7 nitrogen and oxygen atoms in total. The summed E-state index contributed by atoms with van der Waals surface area (Å²) in [7, 11) is 0. The Morgan fingerprint density at radius 3 is 2.73 bits per heavy atom. The Morgan fingerprint density at radius 1 is 1.30 bits per heavy atom. The van der Waals surface area contributed by atoms with Gasteiger partial charge in [0.2, 0.25) is 17.5 Å². The molecule has 1 aliphatic heterocycles. The lowest BCUT2D eigenvalue weighted by atomic mass is 9.96. The smallest absolute Gasteiger partial charge is 0.266 e. The lowest BCUT2D eigenvalue weighted by Gasteiger charge is -2.30. The molecule has 1 amide bonds. The molecule has 0 unspecified atom stereocenters. The molecule has 2 aromatic heterocycles. The lowest BCUT2D eigenvalue weighted by molar-refractivity contribution is -0.125. The first-order valence-corrected chi connectivity index (χ1v) is 11.1. The van der Waals surface area contributed by atoms with Gasteiger partial charge in [-0.3, -0.25) is 4.79 Å². The fourth-order valence-electron chi connectivity index (χ4n) is 3.84. The number of unbranched alkanes of at least 4 members (excludes halogenated alkanes) is 3. The predicted molar refractivity (Wildman–Crippen MR) is 115 cm³/mol. The molecule has 0 radical (unpaired) electrons. The van der Waals surface area contributed by atoms with Crippen LogP contribution in [0.4, 0.5) is 5.88 Å². The summed E-state index contributed by atoms with van der Waals surface area (Å²) >= 11 is 0. The number of rotatable bonds is 10. The van der Waals surface area contributed by atoms with Crippen LogP contribution in [0.3, 0.4) is 0 Å². The van der Waals surface area contributed by atoms with Gasteiger partial charge in [0.25, 0.3) is 5.89 Å². The fourth-order valence-corrected chi connectivity index (χ4v) is 3.84. The van der Waals surface area contributed by atoms with E-state index >= 15 is 0 Å². The van der Waals surface area contributed by atoms with Gasteiger partial charge in [0.15, 0.2) is 5.76 Å². The summed E-state index contributed by atoms with van der Waals surface area (Å²) in [6.45, 7) is 6.59. The van der Waals surface area contributed by atoms with E-state index in [4.69, 9.17) is 8.83 Å². The second-order valence-corrected chi connectivity index (χ2v) is 8.41. The molecule has 0 atom stereocenters. The summed E-state index contributed by atoms with van der Waals surface area (Å²) in [5, 5.41) is 12.5. The van der Waals surface area contributed by atoms with E-state index in [1.165, 1.54) is 25.7 Å². The van der Waals surface area contributed by atoms with Crippen LogP contribution in [0.5, 0.6) is 0 Å². The monoisotopic (exact) mass is 412 g/mol. The molecule has 1 saturated heterocycles. The number of hydrogen-bond acceptors (Lipinski definition) is 6. The lowest BCUT2D eigenvalue weighted by Crippen LogP contribution is -2.41. The summed E-state index contributed by atoms with van der Waals surface area (Å²) in [6, 6.07) is 5.60. The van der Waals surface area contributed by atoms with Gasteiger partial charge in [0, 0.05) is 25.6 Å². The summed E-state index contributed by atoms with van der Waals surface area (Å²) in [4.78, 5) is 18.7. The maximum Gasteiger partial charge on any atom is 0.266 e. The van der Waals surface area contributed by atoms with Crippen molar-refractivity contribution in [2.75, 3.05) is 24.5 Å². The molecular weight excluding hydrogens is 380 g/mol. The molecule has 3 rings (SSSR count). The van der Waals surface area contributed by atoms with Crippen LogP contribution in [0, 0.1) is 23.2 Å². The zero-order chi connectivity index (χ0) is 21.3. The number of hydrogen-bond donors (Lipinski definition) is 1. The number of furan rings is 1. The minimum Gasteiger partial charge on any atom is -0.459 e. The van der Waals surface area contributed by atoms with Crippen LogP contribution < -0.4 is 10.2 Å². The average molecular weight is 413 g/mol. The van der Waals surface area contributed by atoms with E-state index in [9.17, 15) is 10.1 Å². The molecule has 0 saturated carbocycles. The molecule has 0 aliphatic carbocycles. The molecule has 0 aromatic carbocycles. The third kappa shape index (κ3) is 5.88. The van der Waals surface area contributed by atoms with E-state index in [-0.39, 0.29) is 17.5 Å². The largest absolute Gasteiger partial charge is 0.459 e. The highest BCUT2D eigenvalue weighted by atomic mass is 16.4. The van der Waals surface area contributed by atoms with Gasteiger partial charge in [-0.15, -0.1) is 0 Å². The van der Waals surface area contributed by atoms with Gasteiger partial charge in [-0.2, -0.15) is 10.2 Å². The molecule has 0 bridgehead atoms. The predicted octanol–water partition coefficient (Wildman–Crippen LogP) is 4.75. The fraction of sp³-hybridized carbons (Fsp3) is 0.609. The van der Waals surface area contributed by atoms with Crippen molar-refractivity contribution in [3.63, 3.8) is 0 Å². The molecule has 162 valence electrons. The molecule has 3 heterocycles. The van der Waals surface area contributed by atoms with Gasteiger partial charge in [0.05, 0.1) is 6.26 Å². The number of oxazole rings is 1. The SMILES string of the molecule is CC(C)CCCCCCNC(=O)C1CCN(c2oc(-c3ccco3)nc2C#N)CC1. The highest BCUT2D eigenvalue weighted by Crippen LogP contribution is 2.31. The zero-order valence-corrected chi connectivity index (χ0v) is 18.0. The Bertz CT molecular complexity index is 827. The first kappa shape index (κ1) is 21.9. The van der Waals surface area contributed by atoms with E-state index in [0.29, 0.717) is 30.6 Å². The second-order valence-electron chi connectivity index (χ2n) is 8.41. The number of nitrogens with one attached hydrogen (secondary N) is 1. The van der Waals surface area contributed by atoms with Crippen LogP contribution in [-0.2, 0) is 4.79 Å². The Balaban J connectivity index is 1.42. The molecule has 30 heavy (non-hydrogen) atoms. The number of aromatic nitrogens is 1. The van der Waals surface area contributed by atoms with Crippen molar-refractivity contribution >= 4 is 11.8 Å². The van der Waals surface area contributed by atoms with E-state index in [1.807, 2.05) is 4.90 Å². The van der Waals surface area contributed by atoms with Crippen molar-refractivity contribution in [2.24, 2.45) is 11.8 Å². The molecule has 1 fully saturated rings. The van der Waals surface area contributed by atoms with Crippen LogP contribution in [0.2, 0.25) is 0 Å². The number of piperidine rings is 1. The Labute approximate surface area is 178 Å². The van der Waals surface area contributed by atoms with Gasteiger partial charge in [0.1, 0.15) is 6.07 Å². The van der Waals surface area contributed by atoms with E-state index in [0.717, 1.165) is 31.7 Å². The third-order valence-electron chi connectivity index (χ3n) is 5.61. The van der Waals surface area contributed by atoms with Crippen molar-refractivity contribution in [3.05, 3.63) is 24.1 Å². The van der Waals surface area contributed by atoms with Crippen molar-refractivity contribution in [1.29, 1.82) is 5.26 Å². The molecule has 1 N–H and O–H groups in total. The molecule has 0 spiro atoms. The average Bonchev–Trinajstić information content (AvgIpc) is 3.42. The summed E-state index contributed by atoms with van der Waals surface area (Å²) in [5.41, 5.74) is 0.252. The molecule has 2 aromatic rings. The van der Waals surface area contributed by atoms with E-state index in [1.54, 1.807) is 18.4 Å². The van der Waals surface area contributed by atoms with Gasteiger partial charge < -0.3 is 19.1 Å². The minimum absolute atomic E-state index is 0.0141. The maximum absolute atomic E-state index is 12.5. The summed E-state index contributed by atoms with van der Waals surface area (Å²) < 4.78 is 11.1. The van der Waals surface area contributed by atoms with Gasteiger partial charge in [-0.25, -0.2) is 0 Å². The quantitative estimate of drug-likeness (QED) is 0.566. The Morgan fingerprint density at radius 2 is 2.07 bits per heavy atom.